The second-order valence-electron chi connectivity index (χ2n) is 9.03. The topological polar surface area (TPSA) is 96.9 Å². The maximum absolute atomic E-state index is 13.2. The zero-order valence-electron chi connectivity index (χ0n) is 18.7. The summed E-state index contributed by atoms with van der Waals surface area (Å²) >= 11 is 0. The van der Waals surface area contributed by atoms with Gasteiger partial charge in [-0.3, -0.25) is 24.5 Å². The van der Waals surface area contributed by atoms with E-state index in [9.17, 15) is 9.59 Å². The van der Waals surface area contributed by atoms with Crippen molar-refractivity contribution >= 4 is 11.8 Å². The summed E-state index contributed by atoms with van der Waals surface area (Å²) in [6.07, 6.45) is 6.62. The number of benzene rings is 1. The lowest BCUT2D eigenvalue weighted by Gasteiger charge is -2.25. The van der Waals surface area contributed by atoms with E-state index in [1.807, 2.05) is 44.2 Å². The van der Waals surface area contributed by atoms with Gasteiger partial charge in [0.2, 0.25) is 5.91 Å². The zero-order chi connectivity index (χ0) is 22.9. The fraction of sp³-hybridized carbons (Fsp3) is 0.320. The van der Waals surface area contributed by atoms with Gasteiger partial charge in [-0.2, -0.15) is 0 Å². The average Bonchev–Trinajstić information content (AvgIpc) is 3.06. The van der Waals surface area contributed by atoms with Crippen LogP contribution in [-0.2, 0) is 4.79 Å². The summed E-state index contributed by atoms with van der Waals surface area (Å²) in [6, 6.07) is 9.20. The van der Waals surface area contributed by atoms with Crippen molar-refractivity contribution in [1.29, 1.82) is 0 Å². The molecule has 0 radical (unpaired) electrons. The molecule has 7 nitrogen and oxygen atoms in total. The van der Waals surface area contributed by atoms with Crippen LogP contribution < -0.4 is 10.6 Å². The number of carbonyl (C=O) groups excluding carboxylic acids is 2. The standard InChI is InChI=1S/C25H27N5O2/c1-15-5-6-20(28-12-15)17-9-18(22-24(32)29-14-25(22,3)4)11-19(10-17)23(31)30-16(2)21-13-26-7-8-27-21/h5-13,16,22H,14H2,1-4H3,(H,29,32)(H,30,31). The van der Waals surface area contributed by atoms with E-state index < -0.39 is 0 Å². The van der Waals surface area contributed by atoms with Gasteiger partial charge < -0.3 is 10.6 Å². The summed E-state index contributed by atoms with van der Waals surface area (Å²) in [6.45, 7) is 8.55. The first-order valence-electron chi connectivity index (χ1n) is 10.7. The van der Waals surface area contributed by atoms with Crippen LogP contribution in [-0.4, -0.2) is 33.3 Å². The molecule has 2 amide bonds. The molecule has 4 rings (SSSR count). The first kappa shape index (κ1) is 21.6. The number of nitrogens with zero attached hydrogens (tertiary/aromatic N) is 3. The van der Waals surface area contributed by atoms with Crippen LogP contribution >= 0.6 is 0 Å². The molecule has 32 heavy (non-hydrogen) atoms. The van der Waals surface area contributed by atoms with Crippen LogP contribution in [0, 0.1) is 12.3 Å². The van der Waals surface area contributed by atoms with Gasteiger partial charge >= 0.3 is 0 Å². The number of amides is 2. The molecule has 3 heterocycles. The molecule has 0 aliphatic carbocycles. The van der Waals surface area contributed by atoms with Crippen molar-refractivity contribution in [2.45, 2.75) is 39.7 Å². The molecule has 0 bridgehead atoms. The third-order valence-corrected chi connectivity index (χ3v) is 5.89. The van der Waals surface area contributed by atoms with Crippen molar-refractivity contribution in [3.8, 4) is 11.3 Å². The molecule has 2 atom stereocenters. The Hall–Kier alpha value is -3.61. The third kappa shape index (κ3) is 4.37. The van der Waals surface area contributed by atoms with Crippen molar-refractivity contribution in [3.63, 3.8) is 0 Å². The number of pyridine rings is 1. The van der Waals surface area contributed by atoms with E-state index in [0.29, 0.717) is 17.8 Å². The Bertz CT molecular complexity index is 1140. The molecule has 2 unspecified atom stereocenters. The van der Waals surface area contributed by atoms with Gasteiger partial charge in [0, 0.05) is 36.3 Å². The number of rotatable bonds is 5. The van der Waals surface area contributed by atoms with Gasteiger partial charge in [-0.05, 0) is 54.7 Å². The van der Waals surface area contributed by atoms with Gasteiger partial charge in [-0.15, -0.1) is 0 Å². The Balaban J connectivity index is 1.74. The quantitative estimate of drug-likeness (QED) is 0.646. The molecule has 1 aliphatic heterocycles. The van der Waals surface area contributed by atoms with Crippen molar-refractivity contribution < 1.29 is 9.59 Å². The van der Waals surface area contributed by atoms with Crippen LogP contribution in [0.2, 0.25) is 0 Å². The van der Waals surface area contributed by atoms with Crippen molar-refractivity contribution in [1.82, 2.24) is 25.6 Å². The number of hydrogen-bond donors (Lipinski definition) is 2. The highest BCUT2D eigenvalue weighted by molar-refractivity contribution is 5.97. The van der Waals surface area contributed by atoms with E-state index in [2.05, 4.69) is 39.4 Å². The van der Waals surface area contributed by atoms with Crippen molar-refractivity contribution in [3.05, 3.63) is 77.5 Å². The lowest BCUT2D eigenvalue weighted by molar-refractivity contribution is -0.121. The van der Waals surface area contributed by atoms with Gasteiger partial charge in [0.15, 0.2) is 0 Å². The second kappa shape index (κ2) is 8.49. The van der Waals surface area contributed by atoms with E-state index >= 15 is 0 Å². The molecule has 2 aromatic heterocycles. The lowest BCUT2D eigenvalue weighted by atomic mass is 9.76. The maximum Gasteiger partial charge on any atom is 0.251 e. The Morgan fingerprint density at radius 1 is 1.16 bits per heavy atom. The fourth-order valence-electron chi connectivity index (χ4n) is 4.10. The first-order chi connectivity index (χ1) is 15.2. The van der Waals surface area contributed by atoms with Crippen LogP contribution in [0.5, 0.6) is 0 Å². The Morgan fingerprint density at radius 2 is 1.97 bits per heavy atom. The van der Waals surface area contributed by atoms with E-state index in [-0.39, 0.29) is 29.2 Å². The predicted molar refractivity (Wildman–Crippen MR) is 122 cm³/mol. The van der Waals surface area contributed by atoms with E-state index in [1.54, 1.807) is 24.8 Å². The Morgan fingerprint density at radius 3 is 2.59 bits per heavy atom. The monoisotopic (exact) mass is 429 g/mol. The molecule has 2 N–H and O–H groups in total. The smallest absolute Gasteiger partial charge is 0.251 e. The SMILES string of the molecule is Cc1ccc(-c2cc(C(=O)NC(C)c3cnccn3)cc(C3C(=O)NCC3(C)C)c2)nc1. The molecule has 1 fully saturated rings. The predicted octanol–water partition coefficient (Wildman–Crippen LogP) is 3.58. The van der Waals surface area contributed by atoms with Gasteiger partial charge in [-0.1, -0.05) is 19.9 Å². The molecule has 1 aliphatic rings. The highest BCUT2D eigenvalue weighted by Crippen LogP contribution is 2.40. The molecule has 0 spiro atoms. The highest BCUT2D eigenvalue weighted by atomic mass is 16.2. The summed E-state index contributed by atoms with van der Waals surface area (Å²) in [4.78, 5) is 38.7. The first-order valence-corrected chi connectivity index (χ1v) is 10.7. The average molecular weight is 430 g/mol. The molecule has 164 valence electrons. The van der Waals surface area contributed by atoms with E-state index in [1.165, 1.54) is 0 Å². The maximum atomic E-state index is 13.2. The van der Waals surface area contributed by atoms with E-state index in [4.69, 9.17) is 0 Å². The number of aromatic nitrogens is 3. The molecule has 1 aromatic carbocycles. The highest BCUT2D eigenvalue weighted by Gasteiger charge is 2.42. The minimum Gasteiger partial charge on any atom is -0.355 e. The number of aryl methyl sites for hydroxylation is 1. The minimum atomic E-state index is -0.350. The van der Waals surface area contributed by atoms with Crippen LogP contribution in [0.15, 0.2) is 55.1 Å². The molecule has 0 saturated carbocycles. The second-order valence-corrected chi connectivity index (χ2v) is 9.03. The molecule has 1 saturated heterocycles. The number of nitrogens with one attached hydrogen (secondary N) is 2. The van der Waals surface area contributed by atoms with Crippen LogP contribution in [0.25, 0.3) is 11.3 Å². The number of carbonyl (C=O) groups is 2. The van der Waals surface area contributed by atoms with Gasteiger partial charge in [0.1, 0.15) is 0 Å². The number of hydrogen-bond acceptors (Lipinski definition) is 5. The Kier molecular flexibility index (Phi) is 5.74. The molecule has 3 aromatic rings. The summed E-state index contributed by atoms with van der Waals surface area (Å²) < 4.78 is 0. The molecular weight excluding hydrogens is 402 g/mol. The minimum absolute atomic E-state index is 0.0247. The fourth-order valence-corrected chi connectivity index (χ4v) is 4.10. The van der Waals surface area contributed by atoms with Crippen molar-refractivity contribution in [2.75, 3.05) is 6.54 Å². The summed E-state index contributed by atoms with van der Waals surface area (Å²) in [5, 5.41) is 5.94. The van der Waals surface area contributed by atoms with Crippen molar-refractivity contribution in [2.24, 2.45) is 5.41 Å². The van der Waals surface area contributed by atoms with Gasteiger partial charge in [0.05, 0.1) is 29.5 Å². The zero-order valence-corrected chi connectivity index (χ0v) is 18.7. The normalized spacial score (nSPS) is 18.1. The lowest BCUT2D eigenvalue weighted by Crippen LogP contribution is -2.28. The van der Waals surface area contributed by atoms with Gasteiger partial charge in [-0.25, -0.2) is 0 Å². The molecule has 7 heteroatoms. The summed E-state index contributed by atoms with van der Waals surface area (Å²) in [5.41, 5.74) is 4.30. The largest absolute Gasteiger partial charge is 0.355 e. The summed E-state index contributed by atoms with van der Waals surface area (Å²) in [5.74, 6) is -0.616. The Labute approximate surface area is 187 Å². The van der Waals surface area contributed by atoms with Crippen LogP contribution in [0.3, 0.4) is 0 Å². The third-order valence-electron chi connectivity index (χ3n) is 5.89. The van der Waals surface area contributed by atoms with Crippen LogP contribution in [0.1, 0.15) is 59.9 Å². The summed E-state index contributed by atoms with van der Waals surface area (Å²) in [7, 11) is 0. The van der Waals surface area contributed by atoms with E-state index in [0.717, 1.165) is 22.4 Å². The van der Waals surface area contributed by atoms with Crippen LogP contribution in [0.4, 0.5) is 0 Å². The molecular formula is C25H27N5O2. The van der Waals surface area contributed by atoms with Gasteiger partial charge in [0.25, 0.3) is 5.91 Å².